The third-order valence-corrected chi connectivity index (χ3v) is 3.09. The molecular formula is C15H20N4O3. The number of carbonyl (C=O) groups excluding carboxylic acids is 1. The van der Waals surface area contributed by atoms with Crippen LogP contribution in [0, 0.1) is 6.92 Å². The number of amides is 1. The fourth-order valence-corrected chi connectivity index (χ4v) is 1.91. The third kappa shape index (κ3) is 3.75. The average Bonchev–Trinajstić information content (AvgIpc) is 2.94. The average molecular weight is 304 g/mol. The van der Waals surface area contributed by atoms with Gasteiger partial charge in [0.1, 0.15) is 6.04 Å². The van der Waals surface area contributed by atoms with Crippen LogP contribution in [0.1, 0.15) is 31.7 Å². The van der Waals surface area contributed by atoms with Crippen molar-refractivity contribution in [2.24, 2.45) is 0 Å². The van der Waals surface area contributed by atoms with E-state index in [9.17, 15) is 4.79 Å². The molecule has 2 rings (SSSR count). The zero-order valence-electron chi connectivity index (χ0n) is 13.2. The zero-order chi connectivity index (χ0) is 16.1. The maximum atomic E-state index is 11.7. The van der Waals surface area contributed by atoms with Crippen molar-refractivity contribution in [2.75, 3.05) is 23.9 Å². The molecule has 1 unspecified atom stereocenters. The molecule has 0 aliphatic carbocycles. The number of hydrogen-bond donors (Lipinski definition) is 1. The van der Waals surface area contributed by atoms with Gasteiger partial charge in [-0.15, -0.1) is 10.2 Å². The number of benzene rings is 1. The van der Waals surface area contributed by atoms with Gasteiger partial charge >= 0.3 is 6.09 Å². The van der Waals surface area contributed by atoms with Crippen molar-refractivity contribution >= 4 is 17.5 Å². The molecule has 1 heterocycles. The van der Waals surface area contributed by atoms with Crippen LogP contribution >= 0.6 is 0 Å². The van der Waals surface area contributed by atoms with Crippen LogP contribution in [0.2, 0.25) is 0 Å². The largest absolute Gasteiger partial charge is 0.449 e. The standard InChI is InChI=1S/C15H20N4O3/c1-5-21-15(20)19(4)13-8-6-12(7-9-13)16-10(2)14-18-17-11(3)22-14/h6-10,16H,5H2,1-4H3. The zero-order valence-corrected chi connectivity index (χ0v) is 13.2. The molecule has 1 atom stereocenters. The molecule has 0 spiro atoms. The number of carbonyl (C=O) groups is 1. The van der Waals surface area contributed by atoms with Gasteiger partial charge in [0.25, 0.3) is 0 Å². The molecule has 0 saturated heterocycles. The van der Waals surface area contributed by atoms with E-state index in [1.165, 1.54) is 4.90 Å². The maximum Gasteiger partial charge on any atom is 0.413 e. The Hall–Kier alpha value is -2.57. The van der Waals surface area contributed by atoms with E-state index >= 15 is 0 Å². The van der Waals surface area contributed by atoms with E-state index in [0.717, 1.165) is 11.4 Å². The molecule has 0 aliphatic heterocycles. The van der Waals surface area contributed by atoms with E-state index in [1.807, 2.05) is 31.2 Å². The van der Waals surface area contributed by atoms with Crippen molar-refractivity contribution in [1.29, 1.82) is 0 Å². The Bertz CT molecular complexity index is 624. The molecule has 0 aliphatic rings. The summed E-state index contributed by atoms with van der Waals surface area (Å²) >= 11 is 0. The van der Waals surface area contributed by atoms with Gasteiger partial charge in [-0.05, 0) is 38.1 Å². The topological polar surface area (TPSA) is 80.5 Å². The Kier molecular flexibility index (Phi) is 4.98. The lowest BCUT2D eigenvalue weighted by Crippen LogP contribution is -2.26. The van der Waals surface area contributed by atoms with E-state index in [-0.39, 0.29) is 12.1 Å². The first-order valence-corrected chi connectivity index (χ1v) is 7.08. The molecule has 1 aromatic carbocycles. The summed E-state index contributed by atoms with van der Waals surface area (Å²) in [7, 11) is 1.67. The number of nitrogens with zero attached hydrogens (tertiary/aromatic N) is 3. The molecule has 1 N–H and O–H groups in total. The highest BCUT2D eigenvalue weighted by Gasteiger charge is 2.14. The molecule has 2 aromatic rings. The normalized spacial score (nSPS) is 11.8. The van der Waals surface area contributed by atoms with E-state index in [2.05, 4.69) is 15.5 Å². The van der Waals surface area contributed by atoms with Crippen LogP contribution in [0.25, 0.3) is 0 Å². The van der Waals surface area contributed by atoms with Crippen LogP contribution in [-0.4, -0.2) is 29.9 Å². The van der Waals surface area contributed by atoms with Crippen molar-refractivity contribution in [1.82, 2.24) is 10.2 Å². The molecule has 0 bridgehead atoms. The summed E-state index contributed by atoms with van der Waals surface area (Å²) in [4.78, 5) is 13.1. The van der Waals surface area contributed by atoms with Crippen LogP contribution < -0.4 is 10.2 Å². The van der Waals surface area contributed by atoms with Crippen molar-refractivity contribution in [3.63, 3.8) is 0 Å². The molecule has 0 radical (unpaired) electrons. The third-order valence-electron chi connectivity index (χ3n) is 3.09. The van der Waals surface area contributed by atoms with Gasteiger partial charge in [0.2, 0.25) is 11.8 Å². The second-order valence-corrected chi connectivity index (χ2v) is 4.83. The highest BCUT2D eigenvalue weighted by molar-refractivity contribution is 5.87. The van der Waals surface area contributed by atoms with Crippen molar-refractivity contribution in [2.45, 2.75) is 26.8 Å². The van der Waals surface area contributed by atoms with E-state index in [1.54, 1.807) is 20.9 Å². The minimum absolute atomic E-state index is 0.102. The smallest absolute Gasteiger partial charge is 0.413 e. The van der Waals surface area contributed by atoms with Gasteiger partial charge < -0.3 is 14.5 Å². The lowest BCUT2D eigenvalue weighted by Gasteiger charge is -2.17. The van der Waals surface area contributed by atoms with Crippen molar-refractivity contribution < 1.29 is 13.9 Å². The predicted molar refractivity (Wildman–Crippen MR) is 82.9 cm³/mol. The van der Waals surface area contributed by atoms with E-state index in [4.69, 9.17) is 9.15 Å². The maximum absolute atomic E-state index is 11.7. The number of rotatable bonds is 5. The lowest BCUT2D eigenvalue weighted by molar-refractivity contribution is 0.161. The Morgan fingerprint density at radius 3 is 2.59 bits per heavy atom. The fraction of sp³-hybridized carbons (Fsp3) is 0.400. The van der Waals surface area contributed by atoms with Gasteiger partial charge in [-0.2, -0.15) is 0 Å². The summed E-state index contributed by atoms with van der Waals surface area (Å²) in [5.41, 5.74) is 1.65. The Morgan fingerprint density at radius 1 is 1.36 bits per heavy atom. The number of aromatic nitrogens is 2. The van der Waals surface area contributed by atoms with Gasteiger partial charge in [0, 0.05) is 25.3 Å². The van der Waals surface area contributed by atoms with Gasteiger partial charge in [0.15, 0.2) is 0 Å². The number of ether oxygens (including phenoxy) is 1. The van der Waals surface area contributed by atoms with Gasteiger partial charge in [0.05, 0.1) is 6.61 Å². The first-order chi connectivity index (χ1) is 10.5. The van der Waals surface area contributed by atoms with Crippen molar-refractivity contribution in [3.8, 4) is 0 Å². The summed E-state index contributed by atoms with van der Waals surface area (Å²) in [5.74, 6) is 1.07. The van der Waals surface area contributed by atoms with Crippen molar-refractivity contribution in [3.05, 3.63) is 36.0 Å². The summed E-state index contributed by atoms with van der Waals surface area (Å²) in [6.07, 6.45) is -0.377. The summed E-state index contributed by atoms with van der Waals surface area (Å²) in [6, 6.07) is 7.33. The second kappa shape index (κ2) is 6.93. The Morgan fingerprint density at radius 2 is 2.05 bits per heavy atom. The summed E-state index contributed by atoms with van der Waals surface area (Å²) < 4.78 is 10.3. The quantitative estimate of drug-likeness (QED) is 0.914. The molecule has 118 valence electrons. The molecular weight excluding hydrogens is 284 g/mol. The van der Waals surface area contributed by atoms with Crippen LogP contribution in [0.15, 0.2) is 28.7 Å². The first kappa shape index (κ1) is 15.8. The number of anilines is 2. The van der Waals surface area contributed by atoms with E-state index < -0.39 is 0 Å². The molecule has 22 heavy (non-hydrogen) atoms. The predicted octanol–water partition coefficient (Wildman–Crippen LogP) is 3.14. The summed E-state index contributed by atoms with van der Waals surface area (Å²) in [6.45, 7) is 5.82. The minimum Gasteiger partial charge on any atom is -0.449 e. The van der Waals surface area contributed by atoms with Crippen LogP contribution in [0.4, 0.5) is 16.2 Å². The number of aryl methyl sites for hydroxylation is 1. The molecule has 1 amide bonds. The van der Waals surface area contributed by atoms with Gasteiger partial charge in [-0.25, -0.2) is 4.79 Å². The monoisotopic (exact) mass is 304 g/mol. The Balaban J connectivity index is 2.01. The highest BCUT2D eigenvalue weighted by Crippen LogP contribution is 2.21. The van der Waals surface area contributed by atoms with Gasteiger partial charge in [-0.1, -0.05) is 0 Å². The number of hydrogen-bond acceptors (Lipinski definition) is 6. The minimum atomic E-state index is -0.377. The van der Waals surface area contributed by atoms with Crippen LogP contribution in [0.3, 0.4) is 0 Å². The Labute approximate surface area is 129 Å². The molecule has 7 heteroatoms. The van der Waals surface area contributed by atoms with Crippen LogP contribution in [-0.2, 0) is 4.74 Å². The molecule has 1 aromatic heterocycles. The first-order valence-electron chi connectivity index (χ1n) is 7.08. The van der Waals surface area contributed by atoms with Crippen LogP contribution in [0.5, 0.6) is 0 Å². The van der Waals surface area contributed by atoms with Gasteiger partial charge in [-0.3, -0.25) is 4.90 Å². The highest BCUT2D eigenvalue weighted by atomic mass is 16.6. The number of nitrogens with one attached hydrogen (secondary N) is 1. The molecule has 0 fully saturated rings. The second-order valence-electron chi connectivity index (χ2n) is 4.83. The molecule has 0 saturated carbocycles. The van der Waals surface area contributed by atoms with E-state index in [0.29, 0.717) is 18.4 Å². The molecule has 7 nitrogen and oxygen atoms in total. The lowest BCUT2D eigenvalue weighted by atomic mass is 10.2. The summed E-state index contributed by atoms with van der Waals surface area (Å²) in [5, 5.41) is 11.1. The SMILES string of the molecule is CCOC(=O)N(C)c1ccc(NC(C)c2nnc(C)o2)cc1. The fourth-order valence-electron chi connectivity index (χ4n) is 1.91.